The largest absolute Gasteiger partial charge is 0.486 e. The highest BCUT2D eigenvalue weighted by molar-refractivity contribution is 6.32. The zero-order chi connectivity index (χ0) is 32.8. The molecule has 1 amide bonds. The lowest BCUT2D eigenvalue weighted by Gasteiger charge is -2.31. The van der Waals surface area contributed by atoms with Gasteiger partial charge in [-0.1, -0.05) is 23.2 Å². The third kappa shape index (κ3) is 8.00. The van der Waals surface area contributed by atoms with Crippen molar-refractivity contribution in [2.24, 2.45) is 0 Å². The lowest BCUT2D eigenvalue weighted by molar-refractivity contribution is -0.112. The Bertz CT molecular complexity index is 1810. The minimum Gasteiger partial charge on any atom is -0.486 e. The van der Waals surface area contributed by atoms with E-state index in [1.165, 1.54) is 6.20 Å². The highest BCUT2D eigenvalue weighted by atomic mass is 35.5. The van der Waals surface area contributed by atoms with Gasteiger partial charge in [0, 0.05) is 61.2 Å². The number of nitriles is 1. The second kappa shape index (κ2) is 14.8. The van der Waals surface area contributed by atoms with E-state index in [0.29, 0.717) is 69.3 Å². The molecule has 2 aromatic heterocycles. The summed E-state index contributed by atoms with van der Waals surface area (Å²) in [6.07, 6.45) is 7.24. The predicted molar refractivity (Wildman–Crippen MR) is 182 cm³/mol. The smallest absolute Gasteiger partial charge is 0.248 e. The number of carbonyl (C=O) groups is 1. The number of nitrogens with zero attached hydrogens (tertiary/aromatic N) is 4. The maximum absolute atomic E-state index is 13.3. The van der Waals surface area contributed by atoms with E-state index in [2.05, 4.69) is 45.4 Å². The van der Waals surface area contributed by atoms with Gasteiger partial charge in [-0.15, -0.1) is 0 Å². The molecule has 6 rings (SSSR count). The Balaban J connectivity index is 1.28. The lowest BCUT2D eigenvalue weighted by Crippen LogP contribution is -2.36. The Kier molecular flexibility index (Phi) is 10.2. The minimum atomic E-state index is -0.225. The lowest BCUT2D eigenvalue weighted by atomic mass is 10.0. The highest BCUT2D eigenvalue weighted by Crippen LogP contribution is 2.38. The predicted octanol–water partition coefficient (Wildman–Crippen LogP) is 7.01. The third-order valence-electron chi connectivity index (χ3n) is 8.34. The van der Waals surface area contributed by atoms with E-state index >= 15 is 0 Å². The fraction of sp³-hybridized carbons (Fsp3) is 0.333. The first-order valence-electron chi connectivity index (χ1n) is 15.8. The Morgan fingerprint density at radius 3 is 2.72 bits per heavy atom. The number of hydrogen-bond acceptors (Lipinski definition) is 9. The molecule has 2 aromatic carbocycles. The number of benzene rings is 2. The van der Waals surface area contributed by atoms with E-state index in [0.717, 1.165) is 43.6 Å². The molecule has 0 spiro atoms. The summed E-state index contributed by atoms with van der Waals surface area (Å²) in [5.74, 6) is 0.779. The summed E-state index contributed by atoms with van der Waals surface area (Å²) in [7, 11) is 0. The van der Waals surface area contributed by atoms with Gasteiger partial charge < -0.3 is 29.7 Å². The summed E-state index contributed by atoms with van der Waals surface area (Å²) < 4.78 is 17.7. The van der Waals surface area contributed by atoms with E-state index < -0.39 is 0 Å². The number of halogens is 1. The maximum Gasteiger partial charge on any atom is 0.248 e. The standard InChI is InChI=1S/C36H37ClN6O4/c1-23(2)43-12-8-24(9-13-43)15-35(44)42-32-17-29-31(18-34(32)47-28-10-14-45-22-28)40-20-25(19-38)36(29)41-26-6-7-33(30(37)16-26)46-21-27-5-3-4-11-39-27/h3-7,11,15-18,20,23,28H,8-10,12-14,21-22H2,1-2H3,(H,40,41)(H,42,44). The SMILES string of the molecule is CC(C)N1CCC(=CC(=O)Nc2cc3c(Nc4ccc(OCc5ccccn5)c(Cl)c4)c(C#N)cnc3cc2OC2CCOC2)CC1. The van der Waals surface area contributed by atoms with Crippen molar-refractivity contribution in [3.8, 4) is 17.6 Å². The van der Waals surface area contributed by atoms with Crippen LogP contribution in [0.15, 0.2) is 72.6 Å². The molecule has 1 unspecified atom stereocenters. The van der Waals surface area contributed by atoms with Crippen molar-refractivity contribution in [1.29, 1.82) is 5.26 Å². The van der Waals surface area contributed by atoms with Crippen LogP contribution >= 0.6 is 11.6 Å². The van der Waals surface area contributed by atoms with Crippen LogP contribution in [0.1, 0.15) is 44.4 Å². The monoisotopic (exact) mass is 652 g/mol. The average Bonchev–Trinajstić information content (AvgIpc) is 3.59. The highest BCUT2D eigenvalue weighted by Gasteiger charge is 2.22. The molecule has 47 heavy (non-hydrogen) atoms. The zero-order valence-electron chi connectivity index (χ0n) is 26.5. The first kappa shape index (κ1) is 32.3. The Morgan fingerprint density at radius 1 is 1.17 bits per heavy atom. The van der Waals surface area contributed by atoms with E-state index in [1.54, 1.807) is 36.5 Å². The molecule has 0 radical (unpaired) electrons. The Hall–Kier alpha value is -4.69. The average molecular weight is 653 g/mol. The van der Waals surface area contributed by atoms with Crippen LogP contribution in [0, 0.1) is 11.3 Å². The van der Waals surface area contributed by atoms with Gasteiger partial charge in [-0.2, -0.15) is 5.26 Å². The first-order chi connectivity index (χ1) is 22.9. The van der Waals surface area contributed by atoms with Gasteiger partial charge in [0.1, 0.15) is 30.3 Å². The summed E-state index contributed by atoms with van der Waals surface area (Å²) in [5.41, 5.74) is 4.50. The topological polar surface area (TPSA) is 122 Å². The number of aromatic nitrogens is 2. The van der Waals surface area contributed by atoms with Gasteiger partial charge in [-0.05, 0) is 63.1 Å². The van der Waals surface area contributed by atoms with Crippen LogP contribution in [-0.4, -0.2) is 59.2 Å². The van der Waals surface area contributed by atoms with Crippen molar-refractivity contribution < 1.29 is 19.0 Å². The second-order valence-electron chi connectivity index (χ2n) is 11.9. The molecular weight excluding hydrogens is 616 g/mol. The van der Waals surface area contributed by atoms with Gasteiger partial charge >= 0.3 is 0 Å². The molecule has 2 aliphatic heterocycles. The number of carbonyl (C=O) groups excluding carboxylic acids is 1. The van der Waals surface area contributed by atoms with E-state index in [4.69, 9.17) is 25.8 Å². The van der Waals surface area contributed by atoms with Crippen LogP contribution in [-0.2, 0) is 16.1 Å². The van der Waals surface area contributed by atoms with Gasteiger partial charge in [0.05, 0.1) is 46.4 Å². The van der Waals surface area contributed by atoms with E-state index in [1.807, 2.05) is 24.3 Å². The van der Waals surface area contributed by atoms with Crippen LogP contribution < -0.4 is 20.1 Å². The molecular formula is C36H37ClN6O4. The molecule has 2 aliphatic rings. The van der Waals surface area contributed by atoms with Crippen LogP contribution in [0.2, 0.25) is 5.02 Å². The molecule has 4 aromatic rings. The number of ether oxygens (including phenoxy) is 3. The molecule has 1 atom stereocenters. The zero-order valence-corrected chi connectivity index (χ0v) is 27.2. The van der Waals surface area contributed by atoms with Gasteiger partial charge in [0.15, 0.2) is 0 Å². The number of hydrogen-bond donors (Lipinski definition) is 2. The Labute approximate surface area is 279 Å². The van der Waals surface area contributed by atoms with Crippen LogP contribution in [0.5, 0.6) is 11.5 Å². The van der Waals surface area contributed by atoms with Crippen molar-refractivity contribution in [2.75, 3.05) is 36.9 Å². The molecule has 2 saturated heterocycles. The van der Waals surface area contributed by atoms with Crippen molar-refractivity contribution >= 4 is 45.5 Å². The molecule has 2 fully saturated rings. The Morgan fingerprint density at radius 2 is 2.02 bits per heavy atom. The summed E-state index contributed by atoms with van der Waals surface area (Å²) in [4.78, 5) is 24.6. The molecule has 0 bridgehead atoms. The summed E-state index contributed by atoms with van der Waals surface area (Å²) in [6, 6.07) is 17.3. The van der Waals surface area contributed by atoms with Crippen molar-refractivity contribution in [1.82, 2.24) is 14.9 Å². The second-order valence-corrected chi connectivity index (χ2v) is 12.3. The number of nitrogens with one attached hydrogen (secondary N) is 2. The van der Waals surface area contributed by atoms with Gasteiger partial charge in [-0.25, -0.2) is 0 Å². The number of fused-ring (bicyclic) bond motifs is 1. The van der Waals surface area contributed by atoms with Crippen LogP contribution in [0.3, 0.4) is 0 Å². The first-order valence-corrected chi connectivity index (χ1v) is 16.2. The van der Waals surface area contributed by atoms with Crippen LogP contribution in [0.25, 0.3) is 10.9 Å². The van der Waals surface area contributed by atoms with Crippen molar-refractivity contribution in [3.63, 3.8) is 0 Å². The molecule has 4 heterocycles. The molecule has 0 aliphatic carbocycles. The van der Waals surface area contributed by atoms with Crippen LogP contribution in [0.4, 0.5) is 17.1 Å². The number of pyridine rings is 2. The summed E-state index contributed by atoms with van der Waals surface area (Å²) in [5, 5.41) is 17.5. The number of likely N-dealkylation sites (tertiary alicyclic amines) is 1. The third-order valence-corrected chi connectivity index (χ3v) is 8.63. The number of rotatable bonds is 10. The minimum absolute atomic E-state index is 0.140. The van der Waals surface area contributed by atoms with Crippen molar-refractivity contribution in [3.05, 3.63) is 88.9 Å². The van der Waals surface area contributed by atoms with Gasteiger partial charge in [-0.3, -0.25) is 14.8 Å². The van der Waals surface area contributed by atoms with E-state index in [-0.39, 0.29) is 18.6 Å². The molecule has 11 heteroatoms. The van der Waals surface area contributed by atoms with Crippen molar-refractivity contribution in [2.45, 2.75) is 51.9 Å². The van der Waals surface area contributed by atoms with E-state index in [9.17, 15) is 10.1 Å². The number of amides is 1. The van der Waals surface area contributed by atoms with Gasteiger partial charge in [0.2, 0.25) is 5.91 Å². The fourth-order valence-electron chi connectivity index (χ4n) is 5.72. The molecule has 0 saturated carbocycles. The molecule has 2 N–H and O–H groups in total. The number of piperidine rings is 1. The summed E-state index contributed by atoms with van der Waals surface area (Å²) in [6.45, 7) is 7.61. The fourth-order valence-corrected chi connectivity index (χ4v) is 5.96. The normalized spacial score (nSPS) is 16.6. The van der Waals surface area contributed by atoms with Gasteiger partial charge in [0.25, 0.3) is 0 Å². The number of anilines is 3. The quantitative estimate of drug-likeness (QED) is 0.174. The summed E-state index contributed by atoms with van der Waals surface area (Å²) >= 11 is 6.60. The molecule has 10 nitrogen and oxygen atoms in total. The maximum atomic E-state index is 13.3. The molecule has 242 valence electrons.